The van der Waals surface area contributed by atoms with Crippen LogP contribution in [0.5, 0.6) is 0 Å². The third kappa shape index (κ3) is 4.60. The Morgan fingerprint density at radius 1 is 1.21 bits per heavy atom. The van der Waals surface area contributed by atoms with Crippen molar-refractivity contribution in [2.45, 2.75) is 30.6 Å². The Bertz CT molecular complexity index is 953. The maximum absolute atomic E-state index is 10.6. The van der Waals surface area contributed by atoms with E-state index in [4.69, 9.17) is 16.6 Å². The average molecular weight is 429 g/mol. The van der Waals surface area contributed by atoms with E-state index in [0.29, 0.717) is 12.3 Å². The van der Waals surface area contributed by atoms with Crippen LogP contribution >= 0.6 is 23.4 Å². The largest absolute Gasteiger partial charge is 0.530 e. The van der Waals surface area contributed by atoms with E-state index in [2.05, 4.69) is 22.8 Å². The maximum Gasteiger partial charge on any atom is 0.134 e. The molecular formula is C22H23ClN3O2S-. The van der Waals surface area contributed by atoms with Gasteiger partial charge in [-0.25, -0.2) is 0 Å². The number of amides is 1. The molecule has 2 N–H and O–H groups in total. The van der Waals surface area contributed by atoms with Gasteiger partial charge in [-0.1, -0.05) is 23.2 Å². The fourth-order valence-corrected chi connectivity index (χ4v) is 5.27. The molecule has 1 amide bonds. The van der Waals surface area contributed by atoms with Crippen molar-refractivity contribution in [3.63, 3.8) is 0 Å². The summed E-state index contributed by atoms with van der Waals surface area (Å²) in [6, 6.07) is 8.23. The molecule has 2 heterocycles. The number of nitrogens with one attached hydrogen (secondary N) is 2. The van der Waals surface area contributed by atoms with Gasteiger partial charge in [-0.3, -0.25) is 4.98 Å². The average Bonchev–Trinajstić information content (AvgIpc) is 2.88. The van der Waals surface area contributed by atoms with Crippen LogP contribution in [0, 0.1) is 0 Å². The number of carbonyl (C=O) groups is 1. The Labute approximate surface area is 180 Å². The highest BCUT2D eigenvalue weighted by molar-refractivity contribution is 7.99. The zero-order valence-electron chi connectivity index (χ0n) is 16.1. The van der Waals surface area contributed by atoms with Gasteiger partial charge in [0.15, 0.2) is 0 Å². The summed E-state index contributed by atoms with van der Waals surface area (Å²) in [4.78, 5) is 16.6. The summed E-state index contributed by atoms with van der Waals surface area (Å²) in [5, 5.41) is 17.1. The first kappa shape index (κ1) is 20.3. The standard InChI is InChI=1S/C22H24ClN3O2S/c23-16-2-4-17-15(13-16)1-3-18-19(29-12-11-26-22(27)28)7-10-25-21(18)20(17)14-5-8-24-9-6-14/h2,4,7,10,13,24,26H,1,3,5-6,8-9,11-12H2,(H,27,28)/p-1. The third-order valence-electron chi connectivity index (χ3n) is 5.42. The molecule has 1 fully saturated rings. The van der Waals surface area contributed by atoms with Gasteiger partial charge < -0.3 is 20.5 Å². The number of nitrogens with zero attached hydrogens (tertiary/aromatic N) is 1. The first-order chi connectivity index (χ1) is 14.1. The molecule has 1 aliphatic carbocycles. The molecule has 0 bridgehead atoms. The number of aryl methyl sites for hydroxylation is 1. The number of hydrogen-bond acceptors (Lipinski definition) is 5. The summed E-state index contributed by atoms with van der Waals surface area (Å²) in [7, 11) is 0. The van der Waals surface area contributed by atoms with Gasteiger partial charge in [-0.2, -0.15) is 0 Å². The lowest BCUT2D eigenvalue weighted by molar-refractivity contribution is -0.250. The van der Waals surface area contributed by atoms with Crippen molar-refractivity contribution in [2.75, 3.05) is 25.4 Å². The van der Waals surface area contributed by atoms with Crippen LogP contribution in [0.3, 0.4) is 0 Å². The monoisotopic (exact) mass is 428 g/mol. The van der Waals surface area contributed by atoms with Crippen molar-refractivity contribution in [2.24, 2.45) is 0 Å². The molecule has 152 valence electrons. The predicted molar refractivity (Wildman–Crippen MR) is 115 cm³/mol. The molecule has 7 heteroatoms. The molecule has 2 aromatic rings. The number of aromatic nitrogens is 1. The lowest BCUT2D eigenvalue weighted by Gasteiger charge is -2.22. The lowest BCUT2D eigenvalue weighted by atomic mass is 9.89. The van der Waals surface area contributed by atoms with Gasteiger partial charge in [0.25, 0.3) is 0 Å². The van der Waals surface area contributed by atoms with Crippen LogP contribution in [0.15, 0.2) is 40.9 Å². The second-order valence-electron chi connectivity index (χ2n) is 7.23. The number of hydrogen-bond donors (Lipinski definition) is 2. The Morgan fingerprint density at radius 2 is 2.03 bits per heavy atom. The zero-order chi connectivity index (χ0) is 20.2. The SMILES string of the molecule is O=C([O-])NCCSc1ccnc2c1CCc1cc(Cl)ccc1C2=C1CCNCC1. The Balaban J connectivity index is 1.76. The Morgan fingerprint density at radius 3 is 2.83 bits per heavy atom. The number of carbonyl (C=O) groups excluding carboxylic acids is 1. The van der Waals surface area contributed by atoms with E-state index < -0.39 is 6.09 Å². The number of piperidine rings is 1. The smallest absolute Gasteiger partial charge is 0.134 e. The van der Waals surface area contributed by atoms with E-state index in [1.165, 1.54) is 32.7 Å². The van der Waals surface area contributed by atoms with E-state index in [1.807, 2.05) is 18.3 Å². The Kier molecular flexibility index (Phi) is 6.43. The molecule has 0 atom stereocenters. The normalized spacial score (nSPS) is 16.0. The third-order valence-corrected chi connectivity index (χ3v) is 6.76. The Hall–Kier alpha value is -2.02. The highest BCUT2D eigenvalue weighted by Gasteiger charge is 2.25. The van der Waals surface area contributed by atoms with Gasteiger partial charge in [0.05, 0.1) is 5.69 Å². The van der Waals surface area contributed by atoms with Crippen molar-refractivity contribution < 1.29 is 9.90 Å². The van der Waals surface area contributed by atoms with E-state index >= 15 is 0 Å². The molecule has 5 nitrogen and oxygen atoms in total. The van der Waals surface area contributed by atoms with Crippen molar-refractivity contribution in [1.82, 2.24) is 15.6 Å². The molecule has 29 heavy (non-hydrogen) atoms. The van der Waals surface area contributed by atoms with Crippen molar-refractivity contribution >= 4 is 35.0 Å². The van der Waals surface area contributed by atoms with Gasteiger partial charge in [0.2, 0.25) is 0 Å². The van der Waals surface area contributed by atoms with Crippen LogP contribution in [0.4, 0.5) is 4.79 Å². The minimum absolute atomic E-state index is 0.361. The second kappa shape index (κ2) is 9.20. The number of fused-ring (bicyclic) bond motifs is 2. The summed E-state index contributed by atoms with van der Waals surface area (Å²) in [5.41, 5.74) is 7.55. The first-order valence-corrected chi connectivity index (χ1v) is 11.3. The number of pyridine rings is 1. The minimum atomic E-state index is -1.23. The quantitative estimate of drug-likeness (QED) is 0.578. The number of carboxylic acid groups (broad SMARTS) is 1. The molecular weight excluding hydrogens is 406 g/mol. The molecule has 0 unspecified atom stereocenters. The van der Waals surface area contributed by atoms with Gasteiger partial charge in [0.1, 0.15) is 6.09 Å². The van der Waals surface area contributed by atoms with Gasteiger partial charge in [-0.15, -0.1) is 11.8 Å². The van der Waals surface area contributed by atoms with Crippen molar-refractivity contribution in [3.05, 3.63) is 63.4 Å². The van der Waals surface area contributed by atoms with Crippen molar-refractivity contribution in [1.29, 1.82) is 0 Å². The van der Waals surface area contributed by atoms with E-state index in [-0.39, 0.29) is 0 Å². The van der Waals surface area contributed by atoms with Gasteiger partial charge >= 0.3 is 0 Å². The predicted octanol–water partition coefficient (Wildman–Crippen LogP) is 3.04. The van der Waals surface area contributed by atoms with E-state index in [0.717, 1.165) is 49.5 Å². The molecule has 1 saturated heterocycles. The van der Waals surface area contributed by atoms with Crippen LogP contribution in [-0.2, 0) is 12.8 Å². The van der Waals surface area contributed by atoms with Gasteiger partial charge in [0, 0.05) is 34.0 Å². The molecule has 1 aliphatic heterocycles. The summed E-state index contributed by atoms with van der Waals surface area (Å²) in [6.07, 6.45) is 4.48. The highest BCUT2D eigenvalue weighted by atomic mass is 35.5. The van der Waals surface area contributed by atoms with E-state index in [9.17, 15) is 9.90 Å². The first-order valence-electron chi connectivity index (χ1n) is 9.91. The van der Waals surface area contributed by atoms with Crippen LogP contribution in [0.1, 0.15) is 35.2 Å². The molecule has 0 radical (unpaired) electrons. The summed E-state index contributed by atoms with van der Waals surface area (Å²) in [5.74, 6) is 0.652. The van der Waals surface area contributed by atoms with Crippen LogP contribution in [0.25, 0.3) is 5.57 Å². The van der Waals surface area contributed by atoms with E-state index in [1.54, 1.807) is 11.8 Å². The fourth-order valence-electron chi connectivity index (χ4n) is 4.12. The molecule has 0 spiro atoms. The number of halogens is 1. The summed E-state index contributed by atoms with van der Waals surface area (Å²) in [6.45, 7) is 2.33. The van der Waals surface area contributed by atoms with Crippen LogP contribution in [0.2, 0.25) is 5.02 Å². The zero-order valence-corrected chi connectivity index (χ0v) is 17.7. The maximum atomic E-state index is 10.6. The highest BCUT2D eigenvalue weighted by Crippen LogP contribution is 2.40. The second-order valence-corrected chi connectivity index (χ2v) is 8.80. The van der Waals surface area contributed by atoms with Crippen LogP contribution < -0.4 is 15.7 Å². The number of benzene rings is 1. The van der Waals surface area contributed by atoms with Gasteiger partial charge in [-0.05, 0) is 73.7 Å². The topological polar surface area (TPSA) is 77.1 Å². The molecule has 0 saturated carbocycles. The van der Waals surface area contributed by atoms with Crippen LogP contribution in [-0.4, -0.2) is 36.5 Å². The summed E-state index contributed by atoms with van der Waals surface area (Å²) < 4.78 is 0. The molecule has 2 aliphatic rings. The number of thioether (sulfide) groups is 1. The fraction of sp³-hybridized carbons (Fsp3) is 0.364. The lowest BCUT2D eigenvalue weighted by Crippen LogP contribution is -2.37. The molecule has 4 rings (SSSR count). The molecule has 1 aromatic heterocycles. The molecule has 1 aromatic carbocycles. The number of rotatable bonds is 4. The minimum Gasteiger partial charge on any atom is -0.530 e. The summed E-state index contributed by atoms with van der Waals surface area (Å²) >= 11 is 7.97. The van der Waals surface area contributed by atoms with Crippen molar-refractivity contribution in [3.8, 4) is 0 Å².